The molecule has 1 aromatic rings. The van der Waals surface area contributed by atoms with Crippen LogP contribution in [-0.2, 0) is 7.05 Å². The Balaban J connectivity index is 2.21. The monoisotopic (exact) mass is 287 g/mol. The molecular formula is C18H29N3. The molecule has 1 fully saturated rings. The van der Waals surface area contributed by atoms with Crippen molar-refractivity contribution in [3.05, 3.63) is 18.0 Å². The molecule has 1 aliphatic rings. The van der Waals surface area contributed by atoms with Crippen molar-refractivity contribution < 1.29 is 0 Å². The first kappa shape index (κ1) is 16.1. The van der Waals surface area contributed by atoms with Gasteiger partial charge in [-0.05, 0) is 38.5 Å². The van der Waals surface area contributed by atoms with Crippen molar-refractivity contribution in [2.75, 3.05) is 6.54 Å². The lowest BCUT2D eigenvalue weighted by Gasteiger charge is -2.35. The SMILES string of the molecule is Cn1cc(C#C[C@@H]2CC(C(C)(C)C)CN2C(C)(C)C)cn1. The third kappa shape index (κ3) is 3.89. The van der Waals surface area contributed by atoms with Crippen molar-refractivity contribution in [1.82, 2.24) is 14.7 Å². The minimum absolute atomic E-state index is 0.161. The molecule has 0 amide bonds. The third-order valence-electron chi connectivity index (χ3n) is 4.48. The van der Waals surface area contributed by atoms with Crippen LogP contribution in [0.1, 0.15) is 53.5 Å². The summed E-state index contributed by atoms with van der Waals surface area (Å²) in [4.78, 5) is 2.56. The van der Waals surface area contributed by atoms with Crippen LogP contribution < -0.4 is 0 Å². The van der Waals surface area contributed by atoms with Gasteiger partial charge in [0.15, 0.2) is 0 Å². The molecule has 0 N–H and O–H groups in total. The summed E-state index contributed by atoms with van der Waals surface area (Å²) >= 11 is 0. The van der Waals surface area contributed by atoms with Gasteiger partial charge in [-0.2, -0.15) is 5.10 Å². The van der Waals surface area contributed by atoms with Crippen LogP contribution in [0.5, 0.6) is 0 Å². The predicted octanol–water partition coefficient (Wildman–Crippen LogP) is 3.31. The first-order valence-electron chi connectivity index (χ1n) is 7.84. The lowest BCUT2D eigenvalue weighted by atomic mass is 9.79. The molecule has 0 spiro atoms. The molecule has 2 atom stereocenters. The van der Waals surface area contributed by atoms with E-state index in [1.807, 2.05) is 19.4 Å². The summed E-state index contributed by atoms with van der Waals surface area (Å²) in [6.07, 6.45) is 4.98. The fraction of sp³-hybridized carbons (Fsp3) is 0.722. The van der Waals surface area contributed by atoms with E-state index < -0.39 is 0 Å². The number of aromatic nitrogens is 2. The summed E-state index contributed by atoms with van der Waals surface area (Å²) in [5.74, 6) is 7.50. The lowest BCUT2D eigenvalue weighted by Crippen LogP contribution is -2.44. The average Bonchev–Trinajstić information content (AvgIpc) is 2.90. The minimum Gasteiger partial charge on any atom is -0.285 e. The number of likely N-dealkylation sites (tertiary alicyclic amines) is 1. The zero-order valence-electron chi connectivity index (χ0n) is 14.6. The fourth-order valence-corrected chi connectivity index (χ4v) is 2.99. The van der Waals surface area contributed by atoms with Crippen molar-refractivity contribution >= 4 is 0 Å². The van der Waals surface area contributed by atoms with Gasteiger partial charge < -0.3 is 0 Å². The van der Waals surface area contributed by atoms with Crippen molar-refractivity contribution in [2.45, 2.75) is 59.5 Å². The number of hydrogen-bond donors (Lipinski definition) is 0. The standard InChI is InChI=1S/C18H29N3/c1-17(2,3)15-10-16(21(13-15)18(4,5)6)9-8-14-11-19-20(7)12-14/h11-12,15-16H,10,13H2,1-7H3/t15?,16-/m1/s1. The molecule has 1 unspecified atom stereocenters. The van der Waals surface area contributed by atoms with Crippen LogP contribution in [0.2, 0.25) is 0 Å². The lowest BCUT2D eigenvalue weighted by molar-refractivity contribution is 0.130. The molecule has 2 rings (SSSR count). The maximum atomic E-state index is 4.18. The first-order chi connectivity index (χ1) is 9.57. The van der Waals surface area contributed by atoms with Crippen LogP contribution in [-0.4, -0.2) is 32.8 Å². The normalized spacial score (nSPS) is 24.0. The van der Waals surface area contributed by atoms with Gasteiger partial charge in [-0.25, -0.2) is 0 Å². The largest absolute Gasteiger partial charge is 0.285 e. The Hall–Kier alpha value is -1.27. The molecule has 1 saturated heterocycles. The van der Waals surface area contributed by atoms with E-state index in [9.17, 15) is 0 Å². The summed E-state index contributed by atoms with van der Waals surface area (Å²) in [6, 6.07) is 0.342. The molecule has 0 aromatic carbocycles. The maximum Gasteiger partial charge on any atom is 0.0726 e. The van der Waals surface area contributed by atoms with Crippen LogP contribution >= 0.6 is 0 Å². The topological polar surface area (TPSA) is 21.1 Å². The zero-order valence-corrected chi connectivity index (χ0v) is 14.6. The van der Waals surface area contributed by atoms with Gasteiger partial charge >= 0.3 is 0 Å². The molecule has 3 nitrogen and oxygen atoms in total. The van der Waals surface area contributed by atoms with Crippen molar-refractivity contribution in [3.63, 3.8) is 0 Å². The average molecular weight is 287 g/mol. The van der Waals surface area contributed by atoms with E-state index in [4.69, 9.17) is 0 Å². The van der Waals surface area contributed by atoms with Crippen LogP contribution in [0, 0.1) is 23.2 Å². The second-order valence-corrected chi connectivity index (χ2v) is 8.31. The number of hydrogen-bond acceptors (Lipinski definition) is 2. The van der Waals surface area contributed by atoms with Crippen LogP contribution in [0.25, 0.3) is 0 Å². The molecule has 1 aromatic heterocycles. The highest BCUT2D eigenvalue weighted by Crippen LogP contribution is 2.39. The van der Waals surface area contributed by atoms with Crippen LogP contribution in [0.3, 0.4) is 0 Å². The zero-order chi connectivity index (χ0) is 15.8. The minimum atomic E-state index is 0.161. The fourth-order valence-electron chi connectivity index (χ4n) is 2.99. The molecule has 0 saturated carbocycles. The Morgan fingerprint density at radius 2 is 1.86 bits per heavy atom. The van der Waals surface area contributed by atoms with E-state index >= 15 is 0 Å². The highest BCUT2D eigenvalue weighted by atomic mass is 15.2. The van der Waals surface area contributed by atoms with Gasteiger partial charge in [0, 0.05) is 25.3 Å². The molecule has 0 bridgehead atoms. The van der Waals surface area contributed by atoms with Gasteiger partial charge in [-0.1, -0.05) is 32.6 Å². The number of rotatable bonds is 0. The van der Waals surface area contributed by atoms with Gasteiger partial charge in [-0.3, -0.25) is 9.58 Å². The third-order valence-corrected chi connectivity index (χ3v) is 4.48. The molecule has 1 aliphatic heterocycles. The molecular weight excluding hydrogens is 258 g/mol. The highest BCUT2D eigenvalue weighted by molar-refractivity contribution is 5.32. The maximum absolute atomic E-state index is 4.18. The second-order valence-electron chi connectivity index (χ2n) is 8.31. The van der Waals surface area contributed by atoms with Gasteiger partial charge in [0.05, 0.1) is 17.8 Å². The summed E-state index contributed by atoms with van der Waals surface area (Å²) in [7, 11) is 1.93. The van der Waals surface area contributed by atoms with Crippen molar-refractivity contribution in [1.29, 1.82) is 0 Å². The number of aryl methyl sites for hydroxylation is 1. The summed E-state index contributed by atoms with van der Waals surface area (Å²) < 4.78 is 1.80. The molecule has 0 radical (unpaired) electrons. The molecule has 21 heavy (non-hydrogen) atoms. The summed E-state index contributed by atoms with van der Waals surface area (Å²) in [5.41, 5.74) is 1.51. The van der Waals surface area contributed by atoms with Crippen LogP contribution in [0.4, 0.5) is 0 Å². The van der Waals surface area contributed by atoms with E-state index in [0.717, 1.165) is 18.5 Å². The Bertz CT molecular complexity index is 545. The van der Waals surface area contributed by atoms with Gasteiger partial charge in [0.2, 0.25) is 0 Å². The number of nitrogens with zero attached hydrogens (tertiary/aromatic N) is 3. The summed E-state index contributed by atoms with van der Waals surface area (Å²) in [6.45, 7) is 15.0. The quantitative estimate of drug-likeness (QED) is 0.683. The second kappa shape index (κ2) is 5.50. The first-order valence-corrected chi connectivity index (χ1v) is 7.84. The summed E-state index contributed by atoms with van der Waals surface area (Å²) in [5, 5.41) is 4.18. The van der Waals surface area contributed by atoms with Gasteiger partial charge in [0.1, 0.15) is 0 Å². The van der Waals surface area contributed by atoms with E-state index in [0.29, 0.717) is 17.4 Å². The van der Waals surface area contributed by atoms with Crippen molar-refractivity contribution in [2.24, 2.45) is 18.4 Å². The molecule has 0 aliphatic carbocycles. The van der Waals surface area contributed by atoms with Crippen LogP contribution in [0.15, 0.2) is 12.4 Å². The van der Waals surface area contributed by atoms with E-state index in [-0.39, 0.29) is 5.54 Å². The highest BCUT2D eigenvalue weighted by Gasteiger charge is 2.41. The Labute approximate surface area is 129 Å². The molecule has 116 valence electrons. The molecule has 2 heterocycles. The smallest absolute Gasteiger partial charge is 0.0726 e. The van der Waals surface area contributed by atoms with Crippen molar-refractivity contribution in [3.8, 4) is 11.8 Å². The van der Waals surface area contributed by atoms with Gasteiger partial charge in [-0.15, -0.1) is 0 Å². The van der Waals surface area contributed by atoms with E-state index in [1.165, 1.54) is 0 Å². The van der Waals surface area contributed by atoms with E-state index in [2.05, 4.69) is 63.4 Å². The predicted molar refractivity (Wildman–Crippen MR) is 87.9 cm³/mol. The van der Waals surface area contributed by atoms with Gasteiger partial charge in [0.25, 0.3) is 0 Å². The van der Waals surface area contributed by atoms with E-state index in [1.54, 1.807) is 4.68 Å². The molecule has 3 heteroatoms. The Morgan fingerprint density at radius 3 is 2.33 bits per heavy atom. The Kier molecular flexibility index (Phi) is 4.22. The Morgan fingerprint density at radius 1 is 1.19 bits per heavy atom.